The van der Waals surface area contributed by atoms with E-state index in [2.05, 4.69) is 36.2 Å². The third kappa shape index (κ3) is 3.31. The second kappa shape index (κ2) is 5.08. The highest BCUT2D eigenvalue weighted by Gasteiger charge is 2.12. The van der Waals surface area contributed by atoms with Gasteiger partial charge in [0.25, 0.3) is 0 Å². The van der Waals surface area contributed by atoms with Crippen molar-refractivity contribution in [3.63, 3.8) is 0 Å². The van der Waals surface area contributed by atoms with E-state index in [1.807, 2.05) is 28.9 Å². The minimum absolute atomic E-state index is 0.0524. The van der Waals surface area contributed by atoms with E-state index in [0.717, 1.165) is 11.5 Å². The molecule has 0 unspecified atom stereocenters. The summed E-state index contributed by atoms with van der Waals surface area (Å²) in [5, 5.41) is 8.35. The van der Waals surface area contributed by atoms with Crippen molar-refractivity contribution in [1.29, 1.82) is 0 Å². The summed E-state index contributed by atoms with van der Waals surface area (Å²) in [6.45, 7) is 7.04. The van der Waals surface area contributed by atoms with Gasteiger partial charge in [-0.25, -0.2) is 9.67 Å². The molecule has 0 saturated carbocycles. The first-order valence-electron chi connectivity index (χ1n) is 5.85. The maximum absolute atomic E-state index is 5.88. The molecule has 1 heterocycles. The lowest BCUT2D eigenvalue weighted by Crippen LogP contribution is -2.35. The minimum atomic E-state index is 0.0524. The van der Waals surface area contributed by atoms with Crippen LogP contribution in [-0.4, -0.2) is 20.3 Å². The first-order chi connectivity index (χ1) is 8.46. The number of nitrogens with zero attached hydrogens (tertiary/aromatic N) is 3. The van der Waals surface area contributed by atoms with Crippen molar-refractivity contribution in [2.45, 2.75) is 32.9 Å². The van der Waals surface area contributed by atoms with E-state index in [1.165, 1.54) is 0 Å². The molecule has 0 bridgehead atoms. The van der Waals surface area contributed by atoms with E-state index in [0.29, 0.717) is 11.6 Å². The number of hydrogen-bond donors (Lipinski definition) is 1. The van der Waals surface area contributed by atoms with Gasteiger partial charge in [0, 0.05) is 10.6 Å². The summed E-state index contributed by atoms with van der Waals surface area (Å²) in [6, 6.07) is 7.55. The fraction of sp³-hybridized carbons (Fsp3) is 0.385. The molecule has 0 radical (unpaired) electrons. The van der Waals surface area contributed by atoms with Crippen LogP contribution in [0, 0.1) is 0 Å². The summed E-state index contributed by atoms with van der Waals surface area (Å²) in [6.07, 6.45) is 1.56. The van der Waals surface area contributed by atoms with Crippen molar-refractivity contribution in [2.24, 2.45) is 0 Å². The van der Waals surface area contributed by atoms with Crippen LogP contribution in [0.25, 0.3) is 5.69 Å². The lowest BCUT2D eigenvalue weighted by molar-refractivity contribution is 0.415. The third-order valence-electron chi connectivity index (χ3n) is 2.47. The predicted molar refractivity (Wildman–Crippen MR) is 73.0 cm³/mol. The summed E-state index contributed by atoms with van der Waals surface area (Å²) >= 11 is 5.88. The normalized spacial score (nSPS) is 11.8. The van der Waals surface area contributed by atoms with Gasteiger partial charge in [-0.3, -0.25) is 0 Å². The number of benzene rings is 1. The number of nitrogens with one attached hydrogen (secondary N) is 1. The summed E-state index contributed by atoms with van der Waals surface area (Å²) in [5.41, 5.74) is 1.01. The Morgan fingerprint density at radius 2 is 1.89 bits per heavy atom. The van der Waals surface area contributed by atoms with Crippen molar-refractivity contribution in [3.05, 3.63) is 41.4 Å². The number of rotatable bonds is 3. The number of halogens is 1. The molecule has 5 heteroatoms. The van der Waals surface area contributed by atoms with Crippen LogP contribution >= 0.6 is 11.6 Å². The third-order valence-corrected chi connectivity index (χ3v) is 2.72. The zero-order valence-corrected chi connectivity index (χ0v) is 11.6. The molecular formula is C13H17ClN4. The van der Waals surface area contributed by atoms with E-state index in [9.17, 15) is 0 Å². The van der Waals surface area contributed by atoms with Gasteiger partial charge in [0.05, 0.1) is 12.2 Å². The summed E-state index contributed by atoms with van der Waals surface area (Å²) in [4.78, 5) is 4.27. The maximum atomic E-state index is 5.88. The molecular weight excluding hydrogens is 248 g/mol. The molecule has 1 aromatic heterocycles. The largest absolute Gasteiger partial charge is 0.305 e. The summed E-state index contributed by atoms with van der Waals surface area (Å²) in [7, 11) is 0. The lowest BCUT2D eigenvalue weighted by atomic mass is 10.1. The molecule has 0 aliphatic heterocycles. The molecule has 0 fully saturated rings. The van der Waals surface area contributed by atoms with Crippen LogP contribution in [0.4, 0.5) is 0 Å². The van der Waals surface area contributed by atoms with Crippen molar-refractivity contribution in [3.8, 4) is 5.69 Å². The van der Waals surface area contributed by atoms with Crippen molar-refractivity contribution in [2.75, 3.05) is 0 Å². The summed E-state index contributed by atoms with van der Waals surface area (Å²) < 4.78 is 1.81. The quantitative estimate of drug-likeness (QED) is 0.927. The average Bonchev–Trinajstić information content (AvgIpc) is 2.75. The molecule has 0 aliphatic carbocycles. The lowest BCUT2D eigenvalue weighted by Gasteiger charge is -2.20. The van der Waals surface area contributed by atoms with Gasteiger partial charge >= 0.3 is 0 Å². The molecule has 4 nitrogen and oxygen atoms in total. The number of aromatic nitrogens is 3. The Morgan fingerprint density at radius 3 is 2.50 bits per heavy atom. The van der Waals surface area contributed by atoms with Crippen LogP contribution in [0.2, 0.25) is 5.02 Å². The van der Waals surface area contributed by atoms with Gasteiger partial charge in [-0.2, -0.15) is 5.10 Å². The average molecular weight is 265 g/mol. The van der Waals surface area contributed by atoms with Crippen molar-refractivity contribution < 1.29 is 0 Å². The molecule has 18 heavy (non-hydrogen) atoms. The van der Waals surface area contributed by atoms with Crippen LogP contribution in [0.3, 0.4) is 0 Å². The molecule has 0 atom stereocenters. The van der Waals surface area contributed by atoms with Crippen LogP contribution in [-0.2, 0) is 6.54 Å². The standard InChI is InChI=1S/C13H17ClN4/c1-13(2,3)16-8-12-15-9-17-18(12)11-6-4-10(14)5-7-11/h4-7,9,16H,8H2,1-3H3. The van der Waals surface area contributed by atoms with Gasteiger partial charge in [-0.05, 0) is 45.0 Å². The molecule has 0 saturated heterocycles. The van der Waals surface area contributed by atoms with Gasteiger partial charge in [-0.1, -0.05) is 11.6 Å². The van der Waals surface area contributed by atoms with Crippen molar-refractivity contribution in [1.82, 2.24) is 20.1 Å². The zero-order chi connectivity index (χ0) is 13.2. The zero-order valence-electron chi connectivity index (χ0n) is 10.8. The highest BCUT2D eigenvalue weighted by atomic mass is 35.5. The van der Waals surface area contributed by atoms with Gasteiger partial charge in [0.15, 0.2) is 0 Å². The Balaban J connectivity index is 2.20. The highest BCUT2D eigenvalue weighted by Crippen LogP contribution is 2.14. The Bertz CT molecular complexity index is 511. The first-order valence-corrected chi connectivity index (χ1v) is 6.23. The Hall–Kier alpha value is -1.39. The SMILES string of the molecule is CC(C)(C)NCc1ncnn1-c1ccc(Cl)cc1. The second-order valence-electron chi connectivity index (χ2n) is 5.17. The molecule has 1 aromatic carbocycles. The molecule has 2 aromatic rings. The van der Waals surface area contributed by atoms with Gasteiger partial charge in [0.2, 0.25) is 0 Å². The van der Waals surface area contributed by atoms with Gasteiger partial charge in [-0.15, -0.1) is 0 Å². The first kappa shape index (κ1) is 13.1. The maximum Gasteiger partial charge on any atom is 0.146 e. The molecule has 2 rings (SSSR count). The minimum Gasteiger partial charge on any atom is -0.305 e. The van der Waals surface area contributed by atoms with E-state index in [4.69, 9.17) is 11.6 Å². The van der Waals surface area contributed by atoms with Gasteiger partial charge < -0.3 is 5.32 Å². The fourth-order valence-corrected chi connectivity index (χ4v) is 1.65. The Kier molecular flexibility index (Phi) is 3.68. The fourth-order valence-electron chi connectivity index (χ4n) is 1.53. The molecule has 0 aliphatic rings. The van der Waals surface area contributed by atoms with E-state index >= 15 is 0 Å². The molecule has 0 spiro atoms. The molecule has 0 amide bonds. The molecule has 96 valence electrons. The van der Waals surface area contributed by atoms with E-state index in [1.54, 1.807) is 6.33 Å². The van der Waals surface area contributed by atoms with Crippen LogP contribution in [0.15, 0.2) is 30.6 Å². The Morgan fingerprint density at radius 1 is 1.22 bits per heavy atom. The van der Waals surface area contributed by atoms with Crippen LogP contribution < -0.4 is 5.32 Å². The summed E-state index contributed by atoms with van der Waals surface area (Å²) in [5.74, 6) is 0.882. The van der Waals surface area contributed by atoms with Gasteiger partial charge in [0.1, 0.15) is 12.2 Å². The van der Waals surface area contributed by atoms with Crippen LogP contribution in [0.1, 0.15) is 26.6 Å². The number of hydrogen-bond acceptors (Lipinski definition) is 3. The molecule has 1 N–H and O–H groups in total. The monoisotopic (exact) mass is 264 g/mol. The van der Waals surface area contributed by atoms with E-state index < -0.39 is 0 Å². The Labute approximate surface area is 112 Å². The highest BCUT2D eigenvalue weighted by molar-refractivity contribution is 6.30. The smallest absolute Gasteiger partial charge is 0.146 e. The second-order valence-corrected chi connectivity index (χ2v) is 5.60. The van der Waals surface area contributed by atoms with Crippen molar-refractivity contribution >= 4 is 11.6 Å². The van der Waals surface area contributed by atoms with Crippen LogP contribution in [0.5, 0.6) is 0 Å². The topological polar surface area (TPSA) is 42.7 Å². The van der Waals surface area contributed by atoms with E-state index in [-0.39, 0.29) is 5.54 Å². The predicted octanol–water partition coefficient (Wildman–Crippen LogP) is 2.81.